The highest BCUT2D eigenvalue weighted by molar-refractivity contribution is 5.90. The number of anilines is 1. The third-order valence-corrected chi connectivity index (χ3v) is 6.51. The maximum atomic E-state index is 11.6. The molecule has 2 aromatic rings. The number of benzene rings is 2. The van der Waals surface area contributed by atoms with Gasteiger partial charge in [0.15, 0.2) is 0 Å². The number of carbonyl (C=O) groups excluding carboxylic acids is 1. The molecule has 2 fully saturated rings. The van der Waals surface area contributed by atoms with Gasteiger partial charge in [-0.05, 0) is 42.5 Å². The van der Waals surface area contributed by atoms with Crippen LogP contribution in [0.3, 0.4) is 0 Å². The Morgan fingerprint density at radius 3 is 2.60 bits per heavy atom. The van der Waals surface area contributed by atoms with Crippen LogP contribution in [0.4, 0.5) is 5.69 Å². The predicted octanol–water partition coefficient (Wildman–Crippen LogP) is 4.23. The molecule has 2 aromatic carbocycles. The van der Waals surface area contributed by atoms with E-state index in [1.165, 1.54) is 11.1 Å². The second-order valence-electron chi connectivity index (χ2n) is 8.51. The summed E-state index contributed by atoms with van der Waals surface area (Å²) in [5.41, 5.74) is 3.35. The molecule has 2 unspecified atom stereocenters. The minimum atomic E-state index is -0.168. The molecular weight excluding hydrogens is 376 g/mol. The van der Waals surface area contributed by atoms with E-state index >= 15 is 0 Å². The molecule has 5 nitrogen and oxygen atoms in total. The molecule has 2 aliphatic rings. The molecule has 4 rings (SSSR count). The normalized spacial score (nSPS) is 24.2. The lowest BCUT2D eigenvalue weighted by Crippen LogP contribution is -2.52. The molecule has 2 atom stereocenters. The first-order chi connectivity index (χ1) is 14.7. The summed E-state index contributed by atoms with van der Waals surface area (Å²) in [6, 6.07) is 18.9. The molecule has 1 spiro atoms. The Labute approximate surface area is 179 Å². The topological polar surface area (TPSA) is 50.8 Å². The van der Waals surface area contributed by atoms with Crippen LogP contribution < -0.4 is 5.32 Å². The van der Waals surface area contributed by atoms with Crippen LogP contribution in [0, 0.1) is 5.92 Å². The summed E-state index contributed by atoms with van der Waals surface area (Å²) in [6.45, 7) is 5.68. The number of rotatable bonds is 7. The van der Waals surface area contributed by atoms with Gasteiger partial charge in [0, 0.05) is 44.1 Å². The standard InChI is InChI=1S/C25H32N2O3/c1-2-24(28)26-23-10-8-21(9-11-23)18-22-19-27(15-12-20-6-4-3-5-7-20)16-13-25(22)14-17-29-30-25/h3-11,22H,2,12-19H2,1H3,(H,26,28). The minimum absolute atomic E-state index is 0.0412. The van der Waals surface area contributed by atoms with Crippen molar-refractivity contribution >= 4 is 11.6 Å². The van der Waals surface area contributed by atoms with Gasteiger partial charge in [0.2, 0.25) is 5.91 Å². The maximum Gasteiger partial charge on any atom is 0.224 e. The van der Waals surface area contributed by atoms with Crippen molar-refractivity contribution in [2.45, 2.75) is 44.6 Å². The number of hydrogen-bond acceptors (Lipinski definition) is 4. The minimum Gasteiger partial charge on any atom is -0.326 e. The van der Waals surface area contributed by atoms with Crippen LogP contribution in [0.5, 0.6) is 0 Å². The van der Waals surface area contributed by atoms with Gasteiger partial charge < -0.3 is 10.2 Å². The largest absolute Gasteiger partial charge is 0.326 e. The fourth-order valence-corrected chi connectivity index (χ4v) is 4.62. The number of hydrogen-bond donors (Lipinski definition) is 1. The fraction of sp³-hybridized carbons (Fsp3) is 0.480. The van der Waals surface area contributed by atoms with Gasteiger partial charge in [0.25, 0.3) is 0 Å². The van der Waals surface area contributed by atoms with Gasteiger partial charge in [-0.1, -0.05) is 49.4 Å². The van der Waals surface area contributed by atoms with E-state index in [1.807, 2.05) is 19.1 Å². The Kier molecular flexibility index (Phi) is 6.82. The van der Waals surface area contributed by atoms with E-state index in [4.69, 9.17) is 9.78 Å². The second-order valence-corrected chi connectivity index (χ2v) is 8.51. The Morgan fingerprint density at radius 1 is 1.10 bits per heavy atom. The molecule has 0 saturated carbocycles. The van der Waals surface area contributed by atoms with Crippen LogP contribution in [0.25, 0.3) is 0 Å². The van der Waals surface area contributed by atoms with Gasteiger partial charge in [-0.15, -0.1) is 0 Å². The zero-order valence-electron chi connectivity index (χ0n) is 17.8. The quantitative estimate of drug-likeness (QED) is 0.697. The molecule has 0 aromatic heterocycles. The zero-order chi connectivity index (χ0) is 20.8. The lowest BCUT2D eigenvalue weighted by atomic mass is 9.76. The summed E-state index contributed by atoms with van der Waals surface area (Å²) in [6.07, 6.45) is 4.49. The van der Waals surface area contributed by atoms with Crippen LogP contribution in [-0.2, 0) is 27.4 Å². The fourth-order valence-electron chi connectivity index (χ4n) is 4.62. The van der Waals surface area contributed by atoms with Gasteiger partial charge in [-0.2, -0.15) is 0 Å². The SMILES string of the molecule is CCC(=O)Nc1ccc(CC2CN(CCc3ccccc3)CCC23CCOO3)cc1. The van der Waals surface area contributed by atoms with Gasteiger partial charge in [0.1, 0.15) is 5.60 Å². The second kappa shape index (κ2) is 9.73. The van der Waals surface area contributed by atoms with Crippen molar-refractivity contribution in [3.05, 3.63) is 65.7 Å². The average Bonchev–Trinajstić information content (AvgIpc) is 3.26. The summed E-state index contributed by atoms with van der Waals surface area (Å²) in [5, 5.41) is 2.92. The first-order valence-electron chi connectivity index (χ1n) is 11.1. The van der Waals surface area contributed by atoms with E-state index in [0.717, 1.165) is 51.0 Å². The van der Waals surface area contributed by atoms with E-state index in [1.54, 1.807) is 0 Å². The first kappa shape index (κ1) is 21.0. The van der Waals surface area contributed by atoms with E-state index in [0.29, 0.717) is 18.9 Å². The van der Waals surface area contributed by atoms with Crippen LogP contribution in [0.2, 0.25) is 0 Å². The number of piperidine rings is 1. The molecule has 30 heavy (non-hydrogen) atoms. The van der Waals surface area contributed by atoms with Crippen molar-refractivity contribution < 1.29 is 14.6 Å². The Morgan fingerprint density at radius 2 is 1.90 bits per heavy atom. The Balaban J connectivity index is 1.40. The molecule has 160 valence electrons. The summed E-state index contributed by atoms with van der Waals surface area (Å²) >= 11 is 0. The molecule has 2 saturated heterocycles. The van der Waals surface area contributed by atoms with Crippen molar-refractivity contribution in [1.82, 2.24) is 4.90 Å². The third kappa shape index (κ3) is 5.09. The lowest BCUT2D eigenvalue weighted by Gasteiger charge is -2.44. The van der Waals surface area contributed by atoms with Crippen LogP contribution in [0.1, 0.15) is 37.3 Å². The Hall–Kier alpha value is -2.21. The predicted molar refractivity (Wildman–Crippen MR) is 118 cm³/mol. The molecular formula is C25H32N2O3. The summed E-state index contributed by atoms with van der Waals surface area (Å²) < 4.78 is 0. The smallest absolute Gasteiger partial charge is 0.224 e. The van der Waals surface area contributed by atoms with E-state index < -0.39 is 0 Å². The Bertz CT molecular complexity index is 816. The monoisotopic (exact) mass is 408 g/mol. The van der Waals surface area contributed by atoms with Crippen molar-refractivity contribution in [3.63, 3.8) is 0 Å². The first-order valence-corrected chi connectivity index (χ1v) is 11.1. The highest BCUT2D eigenvalue weighted by Crippen LogP contribution is 2.40. The highest BCUT2D eigenvalue weighted by atomic mass is 17.2. The van der Waals surface area contributed by atoms with Crippen molar-refractivity contribution in [1.29, 1.82) is 0 Å². The lowest BCUT2D eigenvalue weighted by molar-refractivity contribution is -0.328. The van der Waals surface area contributed by atoms with E-state index in [2.05, 4.69) is 52.7 Å². The van der Waals surface area contributed by atoms with Crippen LogP contribution >= 0.6 is 0 Å². The van der Waals surface area contributed by atoms with Crippen molar-refractivity contribution in [3.8, 4) is 0 Å². The zero-order valence-corrected chi connectivity index (χ0v) is 17.8. The number of amides is 1. The molecule has 0 radical (unpaired) electrons. The maximum absolute atomic E-state index is 11.6. The summed E-state index contributed by atoms with van der Waals surface area (Å²) in [4.78, 5) is 25.4. The molecule has 1 amide bonds. The van der Waals surface area contributed by atoms with Crippen LogP contribution in [0.15, 0.2) is 54.6 Å². The van der Waals surface area contributed by atoms with Gasteiger partial charge >= 0.3 is 0 Å². The van der Waals surface area contributed by atoms with Gasteiger partial charge in [-0.25, -0.2) is 9.78 Å². The molecule has 2 heterocycles. The summed E-state index contributed by atoms with van der Waals surface area (Å²) in [5.74, 6) is 0.431. The average molecular weight is 409 g/mol. The molecule has 2 aliphatic heterocycles. The third-order valence-electron chi connectivity index (χ3n) is 6.51. The van der Waals surface area contributed by atoms with E-state index in [9.17, 15) is 4.79 Å². The molecule has 1 N–H and O–H groups in total. The van der Waals surface area contributed by atoms with Crippen molar-refractivity contribution in [2.75, 3.05) is 31.6 Å². The van der Waals surface area contributed by atoms with Crippen molar-refractivity contribution in [2.24, 2.45) is 5.92 Å². The van der Waals surface area contributed by atoms with Gasteiger partial charge in [-0.3, -0.25) is 4.79 Å². The highest BCUT2D eigenvalue weighted by Gasteiger charge is 2.47. The van der Waals surface area contributed by atoms with Gasteiger partial charge in [0.05, 0.1) is 6.61 Å². The molecule has 5 heteroatoms. The molecule has 0 bridgehead atoms. The molecule has 0 aliphatic carbocycles. The number of nitrogens with zero attached hydrogens (tertiary/aromatic N) is 1. The number of carbonyl (C=O) groups is 1. The number of nitrogens with one attached hydrogen (secondary N) is 1. The van der Waals surface area contributed by atoms with Crippen LogP contribution in [-0.4, -0.2) is 42.6 Å². The summed E-state index contributed by atoms with van der Waals surface area (Å²) in [7, 11) is 0. The number of likely N-dealkylation sites (tertiary alicyclic amines) is 1. The van der Waals surface area contributed by atoms with E-state index in [-0.39, 0.29) is 11.5 Å².